The van der Waals surface area contributed by atoms with Crippen molar-refractivity contribution in [2.45, 2.75) is 51.2 Å². The molecule has 1 aliphatic carbocycles. The molecule has 0 spiro atoms. The summed E-state index contributed by atoms with van der Waals surface area (Å²) in [4.78, 5) is 9.00. The summed E-state index contributed by atoms with van der Waals surface area (Å²) in [6, 6.07) is 7.05. The molecule has 0 amide bonds. The van der Waals surface area contributed by atoms with E-state index in [9.17, 15) is 13.2 Å². The Morgan fingerprint density at radius 1 is 1.16 bits per heavy atom. The van der Waals surface area contributed by atoms with Crippen LogP contribution in [0.4, 0.5) is 30.6 Å². The van der Waals surface area contributed by atoms with E-state index in [-0.39, 0.29) is 6.04 Å². The molecule has 1 fully saturated rings. The minimum absolute atomic E-state index is 0.244. The summed E-state index contributed by atoms with van der Waals surface area (Å²) < 4.78 is 38.0. The Kier molecular flexibility index (Phi) is 4.83. The van der Waals surface area contributed by atoms with Crippen LogP contribution in [-0.2, 0) is 6.18 Å². The van der Waals surface area contributed by atoms with Crippen LogP contribution in [0.15, 0.2) is 30.3 Å². The summed E-state index contributed by atoms with van der Waals surface area (Å²) in [6.45, 7) is 4.12. The highest BCUT2D eigenvalue weighted by Crippen LogP contribution is 2.40. The van der Waals surface area contributed by atoms with Crippen LogP contribution in [0.5, 0.6) is 0 Å². The van der Waals surface area contributed by atoms with Gasteiger partial charge in [-0.05, 0) is 50.5 Å². The maximum Gasteiger partial charge on any atom is 0.416 e. The molecule has 2 aromatic rings. The minimum Gasteiger partial charge on any atom is -0.352 e. The molecule has 0 radical (unpaired) electrons. The third kappa shape index (κ3) is 4.61. The lowest BCUT2D eigenvalue weighted by atomic mass is 10.2. The van der Waals surface area contributed by atoms with E-state index >= 15 is 0 Å². The number of benzene rings is 1. The van der Waals surface area contributed by atoms with Crippen LogP contribution in [-0.4, -0.2) is 16.0 Å². The Balaban J connectivity index is 1.81. The molecule has 1 aromatic heterocycles. The van der Waals surface area contributed by atoms with E-state index in [1.54, 1.807) is 0 Å². The number of anilines is 3. The Morgan fingerprint density at radius 2 is 1.84 bits per heavy atom. The van der Waals surface area contributed by atoms with Crippen molar-refractivity contribution >= 4 is 17.5 Å². The highest BCUT2D eigenvalue weighted by atomic mass is 19.4. The van der Waals surface area contributed by atoms with Gasteiger partial charge in [0.1, 0.15) is 5.82 Å². The Labute approximate surface area is 144 Å². The average molecular weight is 350 g/mol. The fraction of sp³-hybridized carbons (Fsp3) is 0.444. The van der Waals surface area contributed by atoms with Crippen molar-refractivity contribution in [2.24, 2.45) is 0 Å². The first kappa shape index (κ1) is 17.5. The SMILES string of the molecule is CC[C@H](C)Nc1nc(Nc2ccc(C(F)(F)F)cc2)cc(C2CC2)n1. The molecule has 3 rings (SSSR count). The van der Waals surface area contributed by atoms with Crippen molar-refractivity contribution < 1.29 is 13.2 Å². The van der Waals surface area contributed by atoms with Crippen LogP contribution >= 0.6 is 0 Å². The van der Waals surface area contributed by atoms with E-state index in [2.05, 4.69) is 34.4 Å². The van der Waals surface area contributed by atoms with Crippen LogP contribution in [0, 0.1) is 0 Å². The van der Waals surface area contributed by atoms with Gasteiger partial charge in [-0.25, -0.2) is 4.98 Å². The second-order valence-electron chi connectivity index (χ2n) is 6.43. The molecule has 2 N–H and O–H groups in total. The Morgan fingerprint density at radius 3 is 2.40 bits per heavy atom. The van der Waals surface area contributed by atoms with E-state index in [0.717, 1.165) is 37.1 Å². The number of rotatable bonds is 6. The summed E-state index contributed by atoms with van der Waals surface area (Å²) in [5.41, 5.74) is 0.858. The molecule has 1 aromatic carbocycles. The average Bonchev–Trinajstić information content (AvgIpc) is 3.39. The highest BCUT2D eigenvalue weighted by molar-refractivity contribution is 5.58. The van der Waals surface area contributed by atoms with Gasteiger partial charge in [0.15, 0.2) is 0 Å². The summed E-state index contributed by atoms with van der Waals surface area (Å²) in [6.07, 6.45) is -1.17. The van der Waals surface area contributed by atoms with Crippen molar-refractivity contribution in [1.29, 1.82) is 0 Å². The van der Waals surface area contributed by atoms with Gasteiger partial charge in [-0.15, -0.1) is 0 Å². The lowest BCUT2D eigenvalue weighted by molar-refractivity contribution is -0.137. The fourth-order valence-corrected chi connectivity index (χ4v) is 2.40. The van der Waals surface area contributed by atoms with E-state index in [1.807, 2.05) is 6.07 Å². The molecule has 25 heavy (non-hydrogen) atoms. The van der Waals surface area contributed by atoms with Gasteiger partial charge in [-0.2, -0.15) is 18.2 Å². The van der Waals surface area contributed by atoms with Gasteiger partial charge in [0.2, 0.25) is 5.95 Å². The lowest BCUT2D eigenvalue weighted by Crippen LogP contribution is -2.16. The first-order valence-electron chi connectivity index (χ1n) is 8.45. The predicted octanol–water partition coefficient (Wildman–Crippen LogP) is 5.33. The molecule has 134 valence electrons. The second kappa shape index (κ2) is 6.90. The Hall–Kier alpha value is -2.31. The van der Waals surface area contributed by atoms with Gasteiger partial charge in [-0.3, -0.25) is 0 Å². The lowest BCUT2D eigenvalue weighted by Gasteiger charge is -2.14. The smallest absolute Gasteiger partial charge is 0.352 e. The van der Waals surface area contributed by atoms with Gasteiger partial charge in [0, 0.05) is 23.7 Å². The maximum absolute atomic E-state index is 12.7. The summed E-state index contributed by atoms with van der Waals surface area (Å²) in [5, 5.41) is 6.34. The van der Waals surface area contributed by atoms with E-state index < -0.39 is 11.7 Å². The summed E-state index contributed by atoms with van der Waals surface area (Å²) in [5.74, 6) is 1.59. The number of hydrogen-bond acceptors (Lipinski definition) is 4. The number of hydrogen-bond donors (Lipinski definition) is 2. The van der Waals surface area contributed by atoms with Crippen LogP contribution < -0.4 is 10.6 Å². The molecule has 4 nitrogen and oxygen atoms in total. The molecular formula is C18H21F3N4. The topological polar surface area (TPSA) is 49.8 Å². The highest BCUT2D eigenvalue weighted by Gasteiger charge is 2.30. The maximum atomic E-state index is 12.7. The normalized spacial score (nSPS) is 15.7. The fourth-order valence-electron chi connectivity index (χ4n) is 2.40. The van der Waals surface area contributed by atoms with E-state index in [0.29, 0.717) is 23.4 Å². The van der Waals surface area contributed by atoms with E-state index in [4.69, 9.17) is 0 Å². The largest absolute Gasteiger partial charge is 0.416 e. The van der Waals surface area contributed by atoms with E-state index in [1.165, 1.54) is 12.1 Å². The van der Waals surface area contributed by atoms with Gasteiger partial charge in [0.05, 0.1) is 11.3 Å². The molecule has 0 unspecified atom stereocenters. The zero-order chi connectivity index (χ0) is 18.0. The first-order chi connectivity index (χ1) is 11.8. The molecule has 1 heterocycles. The number of alkyl halides is 3. The quantitative estimate of drug-likeness (QED) is 0.740. The number of nitrogens with one attached hydrogen (secondary N) is 2. The molecule has 0 saturated heterocycles. The molecule has 0 aliphatic heterocycles. The van der Waals surface area contributed by atoms with Crippen LogP contribution in [0.2, 0.25) is 0 Å². The van der Waals surface area contributed by atoms with Crippen LogP contribution in [0.3, 0.4) is 0 Å². The summed E-state index contributed by atoms with van der Waals surface area (Å²) >= 11 is 0. The first-order valence-corrected chi connectivity index (χ1v) is 8.45. The van der Waals surface area contributed by atoms with Crippen molar-refractivity contribution in [3.05, 3.63) is 41.6 Å². The molecule has 1 aliphatic rings. The zero-order valence-corrected chi connectivity index (χ0v) is 14.2. The van der Waals surface area contributed by atoms with Crippen LogP contribution in [0.25, 0.3) is 0 Å². The number of halogens is 3. The summed E-state index contributed by atoms with van der Waals surface area (Å²) in [7, 11) is 0. The van der Waals surface area contributed by atoms with Gasteiger partial charge in [-0.1, -0.05) is 6.92 Å². The number of aromatic nitrogens is 2. The molecule has 1 saturated carbocycles. The minimum atomic E-state index is -4.33. The van der Waals surface area contributed by atoms with Gasteiger partial charge in [0.25, 0.3) is 0 Å². The second-order valence-corrected chi connectivity index (χ2v) is 6.43. The molecule has 7 heteroatoms. The van der Waals surface area contributed by atoms with Crippen molar-refractivity contribution in [3.8, 4) is 0 Å². The molecular weight excluding hydrogens is 329 g/mol. The monoisotopic (exact) mass is 350 g/mol. The predicted molar refractivity (Wildman–Crippen MR) is 92.1 cm³/mol. The standard InChI is InChI=1S/C18H21F3N4/c1-3-11(2)22-17-24-15(12-4-5-12)10-16(25-17)23-14-8-6-13(7-9-14)18(19,20)21/h6-12H,3-5H2,1-2H3,(H2,22,23,24,25)/t11-/m0/s1. The van der Waals surface area contributed by atoms with Crippen molar-refractivity contribution in [3.63, 3.8) is 0 Å². The van der Waals surface area contributed by atoms with Crippen LogP contribution in [0.1, 0.15) is 50.3 Å². The number of nitrogens with zero attached hydrogens (tertiary/aromatic N) is 2. The third-order valence-corrected chi connectivity index (χ3v) is 4.21. The van der Waals surface area contributed by atoms with Gasteiger partial charge < -0.3 is 10.6 Å². The Bertz CT molecular complexity index is 724. The molecule has 0 bridgehead atoms. The van der Waals surface area contributed by atoms with Gasteiger partial charge >= 0.3 is 6.18 Å². The van der Waals surface area contributed by atoms with Crippen molar-refractivity contribution in [1.82, 2.24) is 9.97 Å². The third-order valence-electron chi connectivity index (χ3n) is 4.21. The molecule has 1 atom stereocenters. The zero-order valence-electron chi connectivity index (χ0n) is 14.2. The van der Waals surface area contributed by atoms with Crippen molar-refractivity contribution in [2.75, 3.05) is 10.6 Å².